The molecule has 0 saturated heterocycles. The third kappa shape index (κ3) is 1.82. The second-order valence-electron chi connectivity index (χ2n) is 3.45. The van der Waals surface area contributed by atoms with E-state index in [0.717, 1.165) is 6.20 Å². The number of anilines is 1. The fraction of sp³-hybridized carbons (Fsp3) is 0.429. The predicted molar refractivity (Wildman–Crippen MR) is 53.4 cm³/mol. The van der Waals surface area contributed by atoms with Crippen LogP contribution in [0.4, 0.5) is 5.95 Å². The Morgan fingerprint density at radius 3 is 2.88 bits per heavy atom. The van der Waals surface area contributed by atoms with Crippen LogP contribution in [0.15, 0.2) is 6.20 Å². The molecular weight excluding hydrogens is 237 g/mol. The number of hydrogen-bond donors (Lipinski definition) is 4. The smallest absolute Gasteiger partial charge is 0.356 e. The number of carboxylic acids is 1. The molecule has 0 spiro atoms. The van der Waals surface area contributed by atoms with Crippen LogP contribution in [0.3, 0.4) is 0 Å². The Labute approximate surface area is 90.1 Å². The van der Waals surface area contributed by atoms with Gasteiger partial charge in [0.2, 0.25) is 5.95 Å². The van der Waals surface area contributed by atoms with Gasteiger partial charge in [0.05, 0.1) is 0 Å². The van der Waals surface area contributed by atoms with Crippen molar-refractivity contribution in [3.63, 3.8) is 0 Å². The number of imidazole rings is 1. The molecule has 1 aliphatic rings. The van der Waals surface area contributed by atoms with Gasteiger partial charge in [-0.15, -0.1) is 0 Å². The molecule has 88 valence electrons. The molecule has 1 aromatic heterocycles. The molecular formula is C7H10N3O5P. The van der Waals surface area contributed by atoms with Crippen LogP contribution in [0, 0.1) is 0 Å². The van der Waals surface area contributed by atoms with Crippen LogP contribution in [0.1, 0.15) is 22.7 Å². The summed E-state index contributed by atoms with van der Waals surface area (Å²) in [6.45, 7) is 0.353. The minimum atomic E-state index is -4.30. The van der Waals surface area contributed by atoms with Crippen molar-refractivity contribution < 1.29 is 24.3 Å². The second kappa shape index (κ2) is 3.58. The Morgan fingerprint density at radius 2 is 2.31 bits per heavy atom. The van der Waals surface area contributed by atoms with E-state index in [1.807, 2.05) is 0 Å². The summed E-state index contributed by atoms with van der Waals surface area (Å²) in [5.74, 6) is -2.09. The van der Waals surface area contributed by atoms with E-state index in [9.17, 15) is 9.36 Å². The van der Waals surface area contributed by atoms with Gasteiger partial charge in [0.1, 0.15) is 5.78 Å². The molecule has 0 radical (unpaired) electrons. The van der Waals surface area contributed by atoms with Crippen LogP contribution in [0.2, 0.25) is 0 Å². The largest absolute Gasteiger partial charge is 0.476 e. The van der Waals surface area contributed by atoms with E-state index in [2.05, 4.69) is 10.3 Å². The number of rotatable bonds is 2. The molecule has 1 aromatic rings. The Morgan fingerprint density at radius 1 is 1.62 bits per heavy atom. The topological polar surface area (TPSA) is 125 Å². The van der Waals surface area contributed by atoms with Crippen molar-refractivity contribution in [3.8, 4) is 0 Å². The molecule has 1 unspecified atom stereocenters. The van der Waals surface area contributed by atoms with Crippen molar-refractivity contribution in [1.29, 1.82) is 0 Å². The fourth-order valence-electron chi connectivity index (χ4n) is 1.64. The van der Waals surface area contributed by atoms with E-state index in [1.54, 1.807) is 0 Å². The molecule has 4 N–H and O–H groups in total. The molecule has 0 saturated carbocycles. The maximum absolute atomic E-state index is 11.2. The molecule has 16 heavy (non-hydrogen) atoms. The zero-order valence-electron chi connectivity index (χ0n) is 8.07. The lowest BCUT2D eigenvalue weighted by molar-refractivity contribution is 0.0691. The van der Waals surface area contributed by atoms with Crippen LogP contribution in [-0.2, 0) is 4.57 Å². The number of nitrogens with zero attached hydrogens (tertiary/aromatic N) is 2. The summed E-state index contributed by atoms with van der Waals surface area (Å²) in [4.78, 5) is 32.6. The molecule has 2 heterocycles. The lowest BCUT2D eigenvalue weighted by atomic mass is 10.3. The monoisotopic (exact) mass is 247 g/mol. The average Bonchev–Trinajstić information content (AvgIpc) is 2.58. The first kappa shape index (κ1) is 11.1. The van der Waals surface area contributed by atoms with Crippen LogP contribution >= 0.6 is 7.60 Å². The second-order valence-corrected chi connectivity index (χ2v) is 5.22. The third-order valence-electron chi connectivity index (χ3n) is 2.35. The molecule has 0 aromatic carbocycles. The van der Waals surface area contributed by atoms with E-state index in [4.69, 9.17) is 14.9 Å². The predicted octanol–water partition coefficient (Wildman–Crippen LogP) is 0.0732. The highest BCUT2D eigenvalue weighted by molar-refractivity contribution is 7.51. The van der Waals surface area contributed by atoms with Gasteiger partial charge in [-0.05, 0) is 6.42 Å². The molecule has 9 heteroatoms. The summed E-state index contributed by atoms with van der Waals surface area (Å²) in [5, 5.41) is 11.5. The fourth-order valence-corrected chi connectivity index (χ4v) is 2.60. The number of carboxylic acid groups (broad SMARTS) is 1. The highest BCUT2D eigenvalue weighted by atomic mass is 31.2. The standard InChI is InChI=1S/C7H10N3O5P/c11-6(12)4-3-10-5(16(13,14)15)1-2-8-7(10)9-4/h3,5H,1-2H2,(H,8,9)(H,11,12)(H2,13,14,15). The van der Waals surface area contributed by atoms with Crippen LogP contribution in [0.25, 0.3) is 0 Å². The third-order valence-corrected chi connectivity index (χ3v) is 3.63. The molecule has 1 aliphatic heterocycles. The van der Waals surface area contributed by atoms with E-state index in [1.165, 1.54) is 4.57 Å². The van der Waals surface area contributed by atoms with Gasteiger partial charge in [-0.3, -0.25) is 4.57 Å². The van der Waals surface area contributed by atoms with Crippen molar-refractivity contribution in [2.75, 3.05) is 11.9 Å². The molecule has 0 fully saturated rings. The minimum Gasteiger partial charge on any atom is -0.476 e. The molecule has 2 rings (SSSR count). The molecule has 0 bridgehead atoms. The maximum atomic E-state index is 11.2. The number of hydrogen-bond acceptors (Lipinski definition) is 4. The van der Waals surface area contributed by atoms with Gasteiger partial charge in [-0.25, -0.2) is 9.78 Å². The zero-order valence-corrected chi connectivity index (χ0v) is 8.96. The van der Waals surface area contributed by atoms with Crippen LogP contribution < -0.4 is 5.32 Å². The number of nitrogens with one attached hydrogen (secondary N) is 1. The van der Waals surface area contributed by atoms with Gasteiger partial charge in [0, 0.05) is 12.7 Å². The normalized spacial score (nSPS) is 20.0. The van der Waals surface area contributed by atoms with Crippen LogP contribution in [0.5, 0.6) is 0 Å². The SMILES string of the molecule is O=C(O)c1cn2c(n1)NCCC2P(=O)(O)O. The summed E-state index contributed by atoms with van der Waals surface area (Å²) in [6.07, 6.45) is 1.36. The summed E-state index contributed by atoms with van der Waals surface area (Å²) < 4.78 is 12.4. The van der Waals surface area contributed by atoms with Crippen molar-refractivity contribution in [1.82, 2.24) is 9.55 Å². The van der Waals surface area contributed by atoms with Gasteiger partial charge in [0.15, 0.2) is 5.69 Å². The van der Waals surface area contributed by atoms with Crippen molar-refractivity contribution >= 4 is 19.5 Å². The molecule has 1 atom stereocenters. The lowest BCUT2D eigenvalue weighted by Crippen LogP contribution is -2.22. The summed E-state index contributed by atoms with van der Waals surface area (Å²) in [5.41, 5.74) is -0.233. The van der Waals surface area contributed by atoms with E-state index in [-0.39, 0.29) is 18.1 Å². The van der Waals surface area contributed by atoms with Gasteiger partial charge in [-0.1, -0.05) is 0 Å². The molecule has 0 aliphatic carbocycles. The van der Waals surface area contributed by atoms with E-state index >= 15 is 0 Å². The summed E-state index contributed by atoms with van der Waals surface area (Å²) in [7, 11) is -4.30. The number of carbonyl (C=O) groups is 1. The Bertz CT molecular complexity index is 478. The average molecular weight is 247 g/mol. The van der Waals surface area contributed by atoms with Crippen molar-refractivity contribution in [3.05, 3.63) is 11.9 Å². The quantitative estimate of drug-likeness (QED) is 0.545. The number of aromatic carboxylic acids is 1. The van der Waals surface area contributed by atoms with Crippen molar-refractivity contribution in [2.45, 2.75) is 12.2 Å². The van der Waals surface area contributed by atoms with E-state index < -0.39 is 19.3 Å². The minimum absolute atomic E-state index is 0.178. The van der Waals surface area contributed by atoms with Gasteiger partial charge < -0.3 is 24.8 Å². The number of fused-ring (bicyclic) bond motifs is 1. The molecule has 0 amide bonds. The maximum Gasteiger partial charge on any atom is 0.356 e. The lowest BCUT2D eigenvalue weighted by Gasteiger charge is -2.26. The van der Waals surface area contributed by atoms with Gasteiger partial charge >= 0.3 is 13.6 Å². The highest BCUT2D eigenvalue weighted by Crippen LogP contribution is 2.52. The first-order valence-electron chi connectivity index (χ1n) is 4.51. The highest BCUT2D eigenvalue weighted by Gasteiger charge is 2.35. The summed E-state index contributed by atoms with van der Waals surface area (Å²) >= 11 is 0. The van der Waals surface area contributed by atoms with Gasteiger partial charge in [-0.2, -0.15) is 0 Å². The zero-order chi connectivity index (χ0) is 11.9. The molecule has 8 nitrogen and oxygen atoms in total. The first-order chi connectivity index (χ1) is 7.39. The van der Waals surface area contributed by atoms with Crippen LogP contribution in [-0.4, -0.2) is 37.0 Å². The van der Waals surface area contributed by atoms with Crippen molar-refractivity contribution in [2.24, 2.45) is 0 Å². The Balaban J connectivity index is 2.46. The summed E-state index contributed by atoms with van der Waals surface area (Å²) in [6, 6.07) is 0. The number of aromatic nitrogens is 2. The Kier molecular flexibility index (Phi) is 2.49. The first-order valence-corrected chi connectivity index (χ1v) is 6.19. The Hall–Kier alpha value is -1.37. The van der Waals surface area contributed by atoms with E-state index in [0.29, 0.717) is 6.54 Å². The van der Waals surface area contributed by atoms with Gasteiger partial charge in [0.25, 0.3) is 0 Å².